The zero-order valence-corrected chi connectivity index (χ0v) is 11.7. The van der Waals surface area contributed by atoms with Gasteiger partial charge in [0.15, 0.2) is 0 Å². The van der Waals surface area contributed by atoms with Crippen LogP contribution >= 0.6 is 0 Å². The van der Waals surface area contributed by atoms with Gasteiger partial charge >= 0.3 is 37.7 Å². The van der Waals surface area contributed by atoms with Crippen LogP contribution in [0, 0.1) is 0 Å². The summed E-state index contributed by atoms with van der Waals surface area (Å²) in [5, 5.41) is 21.1. The van der Waals surface area contributed by atoms with Crippen LogP contribution in [0.15, 0.2) is 48.5 Å². The van der Waals surface area contributed by atoms with Gasteiger partial charge in [-0.2, -0.15) is 0 Å². The van der Waals surface area contributed by atoms with Gasteiger partial charge in [0.1, 0.15) is 11.5 Å². The molecule has 0 heterocycles. The molecule has 0 aliphatic heterocycles. The second-order valence-corrected chi connectivity index (χ2v) is 3.73. The Morgan fingerprint density at radius 3 is 1.19 bits per heavy atom. The molecular formula is C14H8Li2O5. The van der Waals surface area contributed by atoms with E-state index >= 15 is 0 Å². The number of benzene rings is 2. The van der Waals surface area contributed by atoms with Crippen molar-refractivity contribution in [3.63, 3.8) is 0 Å². The van der Waals surface area contributed by atoms with E-state index in [4.69, 9.17) is 4.74 Å². The van der Waals surface area contributed by atoms with E-state index in [1.165, 1.54) is 48.5 Å². The molecule has 21 heavy (non-hydrogen) atoms. The van der Waals surface area contributed by atoms with E-state index in [9.17, 15) is 19.8 Å². The summed E-state index contributed by atoms with van der Waals surface area (Å²) in [7, 11) is 0. The topological polar surface area (TPSA) is 89.5 Å². The van der Waals surface area contributed by atoms with Gasteiger partial charge in [0.05, 0.1) is 11.9 Å². The Morgan fingerprint density at radius 2 is 0.952 bits per heavy atom. The van der Waals surface area contributed by atoms with Crippen LogP contribution in [0.3, 0.4) is 0 Å². The summed E-state index contributed by atoms with van der Waals surface area (Å²) in [5.74, 6) is -1.65. The molecular weight excluding hydrogens is 262 g/mol. The van der Waals surface area contributed by atoms with Gasteiger partial charge < -0.3 is 24.5 Å². The summed E-state index contributed by atoms with van der Waals surface area (Å²) in [6.45, 7) is 0. The van der Waals surface area contributed by atoms with Crippen LogP contribution < -0.4 is 52.7 Å². The smallest absolute Gasteiger partial charge is 0.545 e. The Morgan fingerprint density at radius 1 is 0.667 bits per heavy atom. The van der Waals surface area contributed by atoms with E-state index in [-0.39, 0.29) is 48.8 Å². The van der Waals surface area contributed by atoms with Gasteiger partial charge in [0.25, 0.3) is 0 Å². The number of aromatic carboxylic acids is 2. The van der Waals surface area contributed by atoms with Crippen molar-refractivity contribution in [1.29, 1.82) is 0 Å². The van der Waals surface area contributed by atoms with Crippen LogP contribution in [0.5, 0.6) is 11.5 Å². The molecule has 0 bridgehead atoms. The van der Waals surface area contributed by atoms with Gasteiger partial charge in [0.2, 0.25) is 0 Å². The summed E-state index contributed by atoms with van der Waals surface area (Å²) in [6.07, 6.45) is 0. The van der Waals surface area contributed by atoms with Crippen LogP contribution in [-0.2, 0) is 0 Å². The fraction of sp³-hybridized carbons (Fsp3) is 0. The Balaban J connectivity index is 0.00000200. The van der Waals surface area contributed by atoms with Crippen LogP contribution in [0.25, 0.3) is 0 Å². The molecule has 5 nitrogen and oxygen atoms in total. The molecule has 0 fully saturated rings. The zero-order chi connectivity index (χ0) is 13.8. The molecule has 0 aliphatic rings. The maximum atomic E-state index is 10.6. The predicted octanol–water partition coefficient (Wildman–Crippen LogP) is -5.79. The van der Waals surface area contributed by atoms with Crippen LogP contribution in [0.2, 0.25) is 0 Å². The Labute approximate surface area is 145 Å². The minimum Gasteiger partial charge on any atom is -0.545 e. The predicted molar refractivity (Wildman–Crippen MR) is 61.6 cm³/mol. The molecule has 0 saturated carbocycles. The summed E-state index contributed by atoms with van der Waals surface area (Å²) >= 11 is 0. The maximum Gasteiger partial charge on any atom is 1.00 e. The van der Waals surface area contributed by atoms with Crippen LogP contribution in [0.1, 0.15) is 20.7 Å². The molecule has 0 N–H and O–H groups in total. The molecule has 0 unspecified atom stereocenters. The molecule has 0 aliphatic carbocycles. The molecule has 7 heteroatoms. The summed E-state index contributed by atoms with van der Waals surface area (Å²) in [6, 6.07) is 11.4. The number of carbonyl (C=O) groups excluding carboxylic acids is 2. The molecule has 2 rings (SSSR count). The molecule has 0 radical (unpaired) electrons. The first kappa shape index (κ1) is 19.4. The van der Waals surface area contributed by atoms with E-state index in [2.05, 4.69) is 0 Å². The third-order valence-electron chi connectivity index (χ3n) is 2.42. The van der Waals surface area contributed by atoms with Crippen molar-refractivity contribution in [1.82, 2.24) is 0 Å². The van der Waals surface area contributed by atoms with Crippen LogP contribution in [0.4, 0.5) is 0 Å². The van der Waals surface area contributed by atoms with Gasteiger partial charge in [-0.1, -0.05) is 0 Å². The van der Waals surface area contributed by atoms with Crippen molar-refractivity contribution in [2.45, 2.75) is 0 Å². The Bertz CT molecular complexity index is 553. The van der Waals surface area contributed by atoms with Crippen molar-refractivity contribution in [2.24, 2.45) is 0 Å². The van der Waals surface area contributed by atoms with Crippen molar-refractivity contribution in [2.75, 3.05) is 0 Å². The Hall–Kier alpha value is -1.63. The second kappa shape index (κ2) is 8.62. The first-order valence-electron chi connectivity index (χ1n) is 5.37. The molecule has 0 aromatic heterocycles. The van der Waals surface area contributed by atoms with Gasteiger partial charge in [-0.05, 0) is 59.7 Å². The van der Waals surface area contributed by atoms with Gasteiger partial charge in [-0.15, -0.1) is 0 Å². The number of rotatable bonds is 4. The van der Waals surface area contributed by atoms with E-state index < -0.39 is 11.9 Å². The maximum absolute atomic E-state index is 10.6. The van der Waals surface area contributed by atoms with Crippen molar-refractivity contribution in [3.05, 3.63) is 59.7 Å². The van der Waals surface area contributed by atoms with E-state index in [0.29, 0.717) is 11.5 Å². The quantitative estimate of drug-likeness (QED) is 0.516. The first-order chi connectivity index (χ1) is 9.06. The Kier molecular flexibility index (Phi) is 7.95. The van der Waals surface area contributed by atoms with Crippen molar-refractivity contribution in [3.8, 4) is 11.5 Å². The number of hydrogen-bond donors (Lipinski definition) is 0. The normalized spacial score (nSPS) is 8.95. The molecule has 2 aromatic carbocycles. The fourth-order valence-corrected chi connectivity index (χ4v) is 1.45. The average molecular weight is 270 g/mol. The number of ether oxygens (including phenoxy) is 1. The minimum atomic E-state index is -1.26. The average Bonchev–Trinajstić information content (AvgIpc) is 2.40. The van der Waals surface area contributed by atoms with E-state index in [1.54, 1.807) is 0 Å². The number of hydrogen-bond acceptors (Lipinski definition) is 5. The van der Waals surface area contributed by atoms with Gasteiger partial charge in [0, 0.05) is 0 Å². The molecule has 0 spiro atoms. The second-order valence-electron chi connectivity index (χ2n) is 3.73. The zero-order valence-electron chi connectivity index (χ0n) is 11.7. The largest absolute Gasteiger partial charge is 1.00 e. The first-order valence-corrected chi connectivity index (χ1v) is 5.37. The standard InChI is InChI=1S/C14H10O5.2Li/c15-13(16)9-1-5-11(6-2-9)19-12-7-3-10(4-8-12)14(17)18;;/h1-8H,(H,15,16)(H,17,18);;/q;2*+1/p-2. The number of carboxylic acid groups (broad SMARTS) is 2. The third-order valence-corrected chi connectivity index (χ3v) is 2.42. The molecule has 2 aromatic rings. The molecule has 0 amide bonds. The fourth-order valence-electron chi connectivity index (χ4n) is 1.45. The molecule has 0 atom stereocenters. The van der Waals surface area contributed by atoms with E-state index in [0.717, 1.165) is 0 Å². The SMILES string of the molecule is O=C([O-])c1ccc(Oc2ccc(C(=O)[O-])cc2)cc1.[Li+].[Li+]. The summed E-state index contributed by atoms with van der Waals surface area (Å²) in [4.78, 5) is 21.1. The third kappa shape index (κ3) is 5.34. The summed E-state index contributed by atoms with van der Waals surface area (Å²) < 4.78 is 5.42. The number of carbonyl (C=O) groups is 2. The minimum absolute atomic E-state index is 0. The van der Waals surface area contributed by atoms with Crippen molar-refractivity contribution >= 4 is 11.9 Å². The van der Waals surface area contributed by atoms with Crippen molar-refractivity contribution < 1.29 is 62.3 Å². The summed E-state index contributed by atoms with van der Waals surface area (Å²) in [5.41, 5.74) is 0.110. The van der Waals surface area contributed by atoms with Crippen LogP contribution in [-0.4, -0.2) is 11.9 Å². The number of carboxylic acids is 2. The van der Waals surface area contributed by atoms with Gasteiger partial charge in [-0.3, -0.25) is 0 Å². The molecule has 96 valence electrons. The van der Waals surface area contributed by atoms with Gasteiger partial charge in [-0.25, -0.2) is 0 Å². The monoisotopic (exact) mass is 270 g/mol. The van der Waals surface area contributed by atoms with E-state index in [1.807, 2.05) is 0 Å². The molecule has 0 saturated heterocycles.